The zero-order valence-corrected chi connectivity index (χ0v) is 12.9. The van der Waals surface area contributed by atoms with E-state index in [1.54, 1.807) is 0 Å². The molecule has 120 valence electrons. The summed E-state index contributed by atoms with van der Waals surface area (Å²) in [5.41, 5.74) is 0. The number of esters is 1. The molecule has 2 amide bonds. The van der Waals surface area contributed by atoms with Crippen molar-refractivity contribution in [2.24, 2.45) is 0 Å². The molecule has 1 aliphatic rings. The highest BCUT2D eigenvalue weighted by Gasteiger charge is 2.35. The number of morpholine rings is 1. The van der Waals surface area contributed by atoms with E-state index in [2.05, 4.69) is 10.1 Å². The summed E-state index contributed by atoms with van der Waals surface area (Å²) in [4.78, 5) is 36.2. The summed E-state index contributed by atoms with van der Waals surface area (Å²) in [5.74, 6) is -1.07. The molecule has 0 radical (unpaired) electrons. The number of ether oxygens (including phenoxy) is 2. The lowest BCUT2D eigenvalue weighted by molar-refractivity contribution is -0.151. The van der Waals surface area contributed by atoms with Gasteiger partial charge in [-0.1, -0.05) is 0 Å². The standard InChI is InChI=1S/C12H20N2O6S/c1-19-11(17)9-7-20-5-4-14(9)12(18)13-8(10(15)16)3-6-21-2/h8-9H,3-7H2,1-2H3,(H,13,18)(H,15,16). The van der Waals surface area contributed by atoms with Gasteiger partial charge in [-0.05, 0) is 18.4 Å². The molecule has 0 aromatic heterocycles. The maximum atomic E-state index is 12.2. The monoisotopic (exact) mass is 320 g/mol. The Balaban J connectivity index is 2.69. The van der Waals surface area contributed by atoms with E-state index in [9.17, 15) is 14.4 Å². The number of carboxylic acids is 1. The Labute approximate surface area is 127 Å². The molecular formula is C12H20N2O6S. The number of urea groups is 1. The van der Waals surface area contributed by atoms with Gasteiger partial charge in [0.05, 0.1) is 20.3 Å². The summed E-state index contributed by atoms with van der Waals surface area (Å²) in [6.45, 7) is 0.548. The molecule has 2 unspecified atom stereocenters. The van der Waals surface area contributed by atoms with Gasteiger partial charge in [0.25, 0.3) is 0 Å². The van der Waals surface area contributed by atoms with Crippen LogP contribution in [0.25, 0.3) is 0 Å². The molecule has 0 spiro atoms. The van der Waals surface area contributed by atoms with E-state index in [0.717, 1.165) is 0 Å². The van der Waals surface area contributed by atoms with Gasteiger partial charge in [-0.25, -0.2) is 14.4 Å². The maximum absolute atomic E-state index is 12.2. The van der Waals surface area contributed by atoms with Crippen molar-refractivity contribution in [1.82, 2.24) is 10.2 Å². The molecule has 8 nitrogen and oxygen atoms in total. The second-order valence-electron chi connectivity index (χ2n) is 4.43. The summed E-state index contributed by atoms with van der Waals surface area (Å²) in [5, 5.41) is 11.6. The SMILES string of the molecule is COC(=O)C1COCCN1C(=O)NC(CCSC)C(=O)O. The Kier molecular flexibility index (Phi) is 7.30. The van der Waals surface area contributed by atoms with Crippen molar-refractivity contribution in [3.05, 3.63) is 0 Å². The average Bonchev–Trinajstić information content (AvgIpc) is 2.50. The minimum atomic E-state index is -1.10. The molecule has 21 heavy (non-hydrogen) atoms. The summed E-state index contributed by atoms with van der Waals surface area (Å²) < 4.78 is 9.79. The van der Waals surface area contributed by atoms with Crippen molar-refractivity contribution in [3.8, 4) is 0 Å². The number of carboxylic acid groups (broad SMARTS) is 1. The number of carbonyl (C=O) groups excluding carboxylic acids is 2. The normalized spacial score (nSPS) is 19.7. The number of carbonyl (C=O) groups is 3. The molecule has 1 heterocycles. The van der Waals surface area contributed by atoms with E-state index in [0.29, 0.717) is 18.8 Å². The Hall–Kier alpha value is -1.48. The lowest BCUT2D eigenvalue weighted by Gasteiger charge is -2.34. The van der Waals surface area contributed by atoms with Crippen LogP contribution < -0.4 is 5.32 Å². The lowest BCUT2D eigenvalue weighted by atomic mass is 10.2. The summed E-state index contributed by atoms with van der Waals surface area (Å²) in [6, 6.07) is -2.42. The first-order chi connectivity index (χ1) is 10.0. The van der Waals surface area contributed by atoms with Crippen LogP contribution in [0.3, 0.4) is 0 Å². The van der Waals surface area contributed by atoms with Crippen LogP contribution in [0.4, 0.5) is 4.79 Å². The van der Waals surface area contributed by atoms with Gasteiger partial charge in [-0.3, -0.25) is 0 Å². The van der Waals surface area contributed by atoms with Gasteiger partial charge in [0.15, 0.2) is 6.04 Å². The molecule has 2 atom stereocenters. The number of hydrogen-bond acceptors (Lipinski definition) is 6. The molecule has 0 bridgehead atoms. The molecule has 0 aromatic carbocycles. The molecule has 1 aliphatic heterocycles. The molecule has 1 saturated heterocycles. The third kappa shape index (κ3) is 5.09. The van der Waals surface area contributed by atoms with E-state index in [-0.39, 0.29) is 13.2 Å². The van der Waals surface area contributed by atoms with E-state index < -0.39 is 30.1 Å². The quantitative estimate of drug-likeness (QED) is 0.652. The smallest absolute Gasteiger partial charge is 0.331 e. The van der Waals surface area contributed by atoms with Crippen LogP contribution >= 0.6 is 11.8 Å². The topological polar surface area (TPSA) is 105 Å². The van der Waals surface area contributed by atoms with Crippen LogP contribution in [0, 0.1) is 0 Å². The summed E-state index contributed by atoms with van der Waals surface area (Å²) in [6.07, 6.45) is 2.17. The average molecular weight is 320 g/mol. The Morgan fingerprint density at radius 3 is 2.81 bits per heavy atom. The third-order valence-corrected chi connectivity index (χ3v) is 3.71. The van der Waals surface area contributed by atoms with Gasteiger partial charge >= 0.3 is 18.0 Å². The molecule has 0 aromatic rings. The lowest BCUT2D eigenvalue weighted by Crippen LogP contribution is -2.58. The zero-order valence-electron chi connectivity index (χ0n) is 12.0. The predicted octanol–water partition coefficient (Wildman–Crippen LogP) is -0.224. The van der Waals surface area contributed by atoms with Gasteiger partial charge in [0.1, 0.15) is 6.04 Å². The number of thioether (sulfide) groups is 1. The first-order valence-corrected chi connectivity index (χ1v) is 7.85. The summed E-state index contributed by atoms with van der Waals surface area (Å²) >= 11 is 1.50. The highest BCUT2D eigenvalue weighted by molar-refractivity contribution is 7.98. The second-order valence-corrected chi connectivity index (χ2v) is 5.41. The largest absolute Gasteiger partial charge is 0.480 e. The highest BCUT2D eigenvalue weighted by atomic mass is 32.2. The first kappa shape index (κ1) is 17.6. The van der Waals surface area contributed by atoms with Crippen molar-refractivity contribution in [1.29, 1.82) is 0 Å². The maximum Gasteiger partial charge on any atom is 0.331 e. The summed E-state index contributed by atoms with van der Waals surface area (Å²) in [7, 11) is 1.23. The number of rotatable bonds is 6. The fourth-order valence-corrected chi connectivity index (χ4v) is 2.37. The minimum Gasteiger partial charge on any atom is -0.480 e. The Bertz CT molecular complexity index is 392. The number of amides is 2. The Morgan fingerprint density at radius 1 is 1.52 bits per heavy atom. The van der Waals surface area contributed by atoms with E-state index >= 15 is 0 Å². The predicted molar refractivity (Wildman–Crippen MR) is 76.3 cm³/mol. The minimum absolute atomic E-state index is 0.0443. The van der Waals surface area contributed by atoms with Crippen molar-refractivity contribution in [2.45, 2.75) is 18.5 Å². The third-order valence-electron chi connectivity index (χ3n) is 3.07. The van der Waals surface area contributed by atoms with E-state index in [4.69, 9.17) is 9.84 Å². The molecule has 1 fully saturated rings. The molecule has 9 heteroatoms. The van der Waals surface area contributed by atoms with Crippen molar-refractivity contribution < 1.29 is 29.0 Å². The van der Waals surface area contributed by atoms with E-state index in [1.807, 2.05) is 6.26 Å². The molecule has 2 N–H and O–H groups in total. The fraction of sp³-hybridized carbons (Fsp3) is 0.750. The van der Waals surface area contributed by atoms with Gasteiger partial charge in [-0.2, -0.15) is 11.8 Å². The second kappa shape index (κ2) is 8.73. The molecule has 0 aliphatic carbocycles. The van der Waals surface area contributed by atoms with E-state index in [1.165, 1.54) is 23.8 Å². The molecular weight excluding hydrogens is 300 g/mol. The number of hydrogen-bond donors (Lipinski definition) is 2. The van der Waals surface area contributed by atoms with Gasteiger partial charge in [0.2, 0.25) is 0 Å². The number of nitrogens with one attached hydrogen (secondary N) is 1. The molecule has 0 saturated carbocycles. The van der Waals surface area contributed by atoms with Gasteiger partial charge in [-0.15, -0.1) is 0 Å². The van der Waals surface area contributed by atoms with Crippen LogP contribution in [-0.2, 0) is 19.1 Å². The van der Waals surface area contributed by atoms with Crippen LogP contribution in [0.15, 0.2) is 0 Å². The molecule has 1 rings (SSSR count). The number of methoxy groups -OCH3 is 1. The highest BCUT2D eigenvalue weighted by Crippen LogP contribution is 2.10. The number of nitrogens with zero attached hydrogens (tertiary/aromatic N) is 1. The van der Waals surface area contributed by atoms with Crippen LogP contribution in [0.2, 0.25) is 0 Å². The van der Waals surface area contributed by atoms with Crippen molar-refractivity contribution in [2.75, 3.05) is 38.9 Å². The van der Waals surface area contributed by atoms with Crippen LogP contribution in [0.5, 0.6) is 0 Å². The first-order valence-electron chi connectivity index (χ1n) is 6.45. The van der Waals surface area contributed by atoms with Crippen molar-refractivity contribution >= 4 is 29.7 Å². The van der Waals surface area contributed by atoms with Crippen molar-refractivity contribution in [3.63, 3.8) is 0 Å². The number of aliphatic carboxylic acids is 1. The van der Waals surface area contributed by atoms with Crippen LogP contribution in [-0.4, -0.2) is 78.9 Å². The Morgan fingerprint density at radius 2 is 2.24 bits per heavy atom. The fourth-order valence-electron chi connectivity index (χ4n) is 1.90. The van der Waals surface area contributed by atoms with Gasteiger partial charge < -0.3 is 24.8 Å². The zero-order chi connectivity index (χ0) is 15.8. The van der Waals surface area contributed by atoms with Gasteiger partial charge in [0, 0.05) is 6.54 Å². The van der Waals surface area contributed by atoms with Crippen LogP contribution in [0.1, 0.15) is 6.42 Å².